The molecule has 3 heterocycles. The zero-order valence-electron chi connectivity index (χ0n) is 15.7. The zero-order chi connectivity index (χ0) is 18.9. The van der Waals surface area contributed by atoms with Gasteiger partial charge >= 0.3 is 0 Å². The Balaban J connectivity index is 0.00000225. The van der Waals surface area contributed by atoms with Gasteiger partial charge in [0.1, 0.15) is 17.8 Å². The molecule has 2 N–H and O–H groups in total. The summed E-state index contributed by atoms with van der Waals surface area (Å²) in [6.45, 7) is 2.94. The zero-order valence-corrected chi connectivity index (χ0v) is 16.5. The highest BCUT2D eigenvalue weighted by Gasteiger charge is 2.35. The van der Waals surface area contributed by atoms with Crippen molar-refractivity contribution in [3.8, 4) is 0 Å². The smallest absolute Gasteiger partial charge is 0.285 e. The third-order valence-electron chi connectivity index (χ3n) is 5.18. The predicted octanol–water partition coefficient (Wildman–Crippen LogP) is 4.36. The number of nitrogens with one attached hydrogen (secondary N) is 2. The fourth-order valence-electron chi connectivity index (χ4n) is 3.59. The van der Waals surface area contributed by atoms with E-state index in [2.05, 4.69) is 20.3 Å². The van der Waals surface area contributed by atoms with E-state index in [1.54, 1.807) is 12.1 Å². The number of aryl methyl sites for hydroxylation is 1. The Morgan fingerprint density at radius 1 is 1.14 bits per heavy atom. The van der Waals surface area contributed by atoms with E-state index in [0.29, 0.717) is 13.1 Å². The predicted molar refractivity (Wildman–Crippen MR) is 109 cm³/mol. The van der Waals surface area contributed by atoms with Gasteiger partial charge in [-0.3, -0.25) is 4.90 Å². The van der Waals surface area contributed by atoms with Crippen LogP contribution in [0.25, 0.3) is 11.0 Å². The van der Waals surface area contributed by atoms with Crippen molar-refractivity contribution in [2.75, 3.05) is 25.0 Å². The van der Waals surface area contributed by atoms with Crippen molar-refractivity contribution in [2.24, 2.45) is 0 Å². The third kappa shape index (κ3) is 4.42. The van der Waals surface area contributed by atoms with Gasteiger partial charge in [0.15, 0.2) is 0 Å². The molecule has 4 rings (SSSR count). The van der Waals surface area contributed by atoms with Crippen LogP contribution < -0.4 is 5.32 Å². The van der Waals surface area contributed by atoms with Gasteiger partial charge in [0.25, 0.3) is 5.92 Å². The van der Waals surface area contributed by atoms with Gasteiger partial charge in [0.05, 0.1) is 11.9 Å². The number of aromatic nitrogens is 3. The molecule has 1 aliphatic rings. The molecule has 1 fully saturated rings. The Bertz CT molecular complexity index is 904. The quantitative estimate of drug-likeness (QED) is 0.660. The molecule has 1 saturated heterocycles. The number of alkyl halides is 2. The second-order valence-corrected chi connectivity index (χ2v) is 7.23. The molecule has 1 aliphatic heterocycles. The number of aromatic amines is 1. The number of H-pyrrole nitrogens is 1. The molecule has 0 amide bonds. The minimum Gasteiger partial charge on any atom is -0.367 e. The van der Waals surface area contributed by atoms with E-state index in [1.807, 2.05) is 24.1 Å². The first kappa shape index (κ1) is 20.5. The average molecular weight is 408 g/mol. The number of anilines is 1. The standard InChI is InChI=1S/C20H23F2N5.ClH/c1-14-2-4-15(5-3-14)20(21,22)12-27-10-7-16(8-11-27)26-19-17-6-9-23-18(17)24-13-25-19;/h2-6,9,13,16H,7-8,10-12H2,1H3,(H2,23,24,25,26);1H. The summed E-state index contributed by atoms with van der Waals surface area (Å²) in [5.41, 5.74) is 1.87. The van der Waals surface area contributed by atoms with Gasteiger partial charge in [-0.2, -0.15) is 8.78 Å². The van der Waals surface area contributed by atoms with Crippen molar-refractivity contribution in [3.05, 3.63) is 54.0 Å². The Kier molecular flexibility index (Phi) is 6.15. The molecule has 2 aromatic heterocycles. The van der Waals surface area contributed by atoms with Gasteiger partial charge in [-0.05, 0) is 25.8 Å². The van der Waals surface area contributed by atoms with Gasteiger partial charge in [-0.1, -0.05) is 29.8 Å². The van der Waals surface area contributed by atoms with Crippen LogP contribution in [0.2, 0.25) is 0 Å². The van der Waals surface area contributed by atoms with Crippen LogP contribution in [0.5, 0.6) is 0 Å². The minimum absolute atomic E-state index is 0. The second-order valence-electron chi connectivity index (χ2n) is 7.23. The van der Waals surface area contributed by atoms with Crippen molar-refractivity contribution >= 4 is 29.3 Å². The largest absolute Gasteiger partial charge is 0.367 e. The molecule has 0 radical (unpaired) electrons. The molecule has 0 unspecified atom stereocenters. The lowest BCUT2D eigenvalue weighted by Crippen LogP contribution is -2.43. The van der Waals surface area contributed by atoms with Crippen LogP contribution in [-0.4, -0.2) is 45.5 Å². The van der Waals surface area contributed by atoms with Crippen LogP contribution in [0.1, 0.15) is 24.0 Å². The van der Waals surface area contributed by atoms with Crippen LogP contribution in [-0.2, 0) is 5.92 Å². The molecule has 3 aromatic rings. The maximum Gasteiger partial charge on any atom is 0.285 e. The van der Waals surface area contributed by atoms with Crippen molar-refractivity contribution in [2.45, 2.75) is 31.7 Å². The van der Waals surface area contributed by atoms with E-state index in [0.717, 1.165) is 35.3 Å². The average Bonchev–Trinajstić information content (AvgIpc) is 3.13. The second kappa shape index (κ2) is 8.41. The lowest BCUT2D eigenvalue weighted by Gasteiger charge is -2.34. The summed E-state index contributed by atoms with van der Waals surface area (Å²) in [6.07, 6.45) is 4.97. The highest BCUT2D eigenvalue weighted by atomic mass is 35.5. The molecular weight excluding hydrogens is 384 g/mol. The number of fused-ring (bicyclic) bond motifs is 1. The summed E-state index contributed by atoms with van der Waals surface area (Å²) in [4.78, 5) is 13.4. The van der Waals surface area contributed by atoms with Crippen LogP contribution in [0, 0.1) is 6.92 Å². The van der Waals surface area contributed by atoms with Gasteiger partial charge in [-0.25, -0.2) is 9.97 Å². The summed E-state index contributed by atoms with van der Waals surface area (Å²) in [5, 5.41) is 4.40. The van der Waals surface area contributed by atoms with Gasteiger partial charge < -0.3 is 10.3 Å². The summed E-state index contributed by atoms with van der Waals surface area (Å²) in [5.74, 6) is -2.04. The van der Waals surface area contributed by atoms with E-state index >= 15 is 0 Å². The minimum atomic E-state index is -2.84. The topological polar surface area (TPSA) is 56.8 Å². The Hall–Kier alpha value is -2.25. The number of benzene rings is 1. The number of hydrogen-bond acceptors (Lipinski definition) is 4. The number of halogens is 3. The number of likely N-dealkylation sites (tertiary alicyclic amines) is 1. The number of hydrogen-bond donors (Lipinski definition) is 2. The van der Waals surface area contributed by atoms with Crippen molar-refractivity contribution in [3.63, 3.8) is 0 Å². The third-order valence-corrected chi connectivity index (χ3v) is 5.18. The summed E-state index contributed by atoms with van der Waals surface area (Å²) < 4.78 is 29.2. The molecule has 0 bridgehead atoms. The Labute approximate surface area is 169 Å². The van der Waals surface area contributed by atoms with E-state index < -0.39 is 5.92 Å². The van der Waals surface area contributed by atoms with Crippen molar-refractivity contribution in [1.82, 2.24) is 19.9 Å². The molecule has 5 nitrogen and oxygen atoms in total. The highest BCUT2D eigenvalue weighted by Crippen LogP contribution is 2.30. The molecular formula is C20H24ClF2N5. The first-order valence-corrected chi connectivity index (χ1v) is 9.23. The van der Waals surface area contributed by atoms with Crippen LogP contribution in [0.4, 0.5) is 14.6 Å². The fourth-order valence-corrected chi connectivity index (χ4v) is 3.59. The highest BCUT2D eigenvalue weighted by molar-refractivity contribution is 5.86. The first-order chi connectivity index (χ1) is 13.0. The molecule has 150 valence electrons. The molecule has 0 atom stereocenters. The van der Waals surface area contributed by atoms with E-state index in [4.69, 9.17) is 0 Å². The summed E-state index contributed by atoms with van der Waals surface area (Å²) >= 11 is 0. The normalized spacial score (nSPS) is 16.1. The Morgan fingerprint density at radius 2 is 1.86 bits per heavy atom. The molecule has 0 saturated carbocycles. The lowest BCUT2D eigenvalue weighted by molar-refractivity contribution is -0.0421. The summed E-state index contributed by atoms with van der Waals surface area (Å²) in [7, 11) is 0. The number of piperidine rings is 1. The number of nitrogens with zero attached hydrogens (tertiary/aromatic N) is 3. The SMILES string of the molecule is Cc1ccc(C(F)(F)CN2CCC(Nc3ncnc4[nH]ccc34)CC2)cc1.Cl. The first-order valence-electron chi connectivity index (χ1n) is 9.23. The maximum absolute atomic E-state index is 14.6. The van der Waals surface area contributed by atoms with Gasteiger partial charge in [0.2, 0.25) is 0 Å². The van der Waals surface area contributed by atoms with Gasteiger partial charge in [0, 0.05) is 30.9 Å². The number of rotatable bonds is 5. The maximum atomic E-state index is 14.6. The van der Waals surface area contributed by atoms with Crippen LogP contribution in [0.3, 0.4) is 0 Å². The Morgan fingerprint density at radius 3 is 2.57 bits per heavy atom. The molecule has 8 heteroatoms. The van der Waals surface area contributed by atoms with Crippen molar-refractivity contribution < 1.29 is 8.78 Å². The molecule has 0 aliphatic carbocycles. The molecule has 0 spiro atoms. The lowest BCUT2D eigenvalue weighted by atomic mass is 10.0. The van der Waals surface area contributed by atoms with Gasteiger partial charge in [-0.15, -0.1) is 12.4 Å². The van der Waals surface area contributed by atoms with Crippen LogP contribution in [0.15, 0.2) is 42.9 Å². The molecule has 28 heavy (non-hydrogen) atoms. The monoisotopic (exact) mass is 407 g/mol. The fraction of sp³-hybridized carbons (Fsp3) is 0.400. The van der Waals surface area contributed by atoms with E-state index in [1.165, 1.54) is 18.5 Å². The summed E-state index contributed by atoms with van der Waals surface area (Å²) in [6, 6.07) is 8.70. The van der Waals surface area contributed by atoms with E-state index in [-0.39, 0.29) is 30.6 Å². The van der Waals surface area contributed by atoms with Crippen LogP contribution >= 0.6 is 12.4 Å². The molecule has 1 aromatic carbocycles. The van der Waals surface area contributed by atoms with E-state index in [9.17, 15) is 8.78 Å². The van der Waals surface area contributed by atoms with Crippen molar-refractivity contribution in [1.29, 1.82) is 0 Å².